The Morgan fingerprint density at radius 2 is 2.05 bits per heavy atom. The fourth-order valence-electron chi connectivity index (χ4n) is 2.46. The van der Waals surface area contributed by atoms with Gasteiger partial charge in [-0.25, -0.2) is 0 Å². The molecule has 1 heterocycles. The van der Waals surface area contributed by atoms with Crippen molar-refractivity contribution in [1.29, 1.82) is 0 Å². The number of rotatable bonds is 5. The predicted octanol–water partition coefficient (Wildman–Crippen LogP) is 2.49. The molecule has 1 aromatic rings. The zero-order chi connectivity index (χ0) is 14.4. The van der Waals surface area contributed by atoms with Crippen molar-refractivity contribution in [3.8, 4) is 0 Å². The number of carboxylic acids is 1. The number of amides is 1. The van der Waals surface area contributed by atoms with Gasteiger partial charge in [0.25, 0.3) is 0 Å². The van der Waals surface area contributed by atoms with Crippen molar-refractivity contribution in [2.45, 2.75) is 24.2 Å². The first-order chi connectivity index (χ1) is 9.65. The summed E-state index contributed by atoms with van der Waals surface area (Å²) in [7, 11) is 0. The van der Waals surface area contributed by atoms with Crippen LogP contribution in [0.2, 0.25) is 0 Å². The third-order valence-electron chi connectivity index (χ3n) is 3.44. The molecule has 0 bridgehead atoms. The Morgan fingerprint density at radius 1 is 1.30 bits per heavy atom. The molecule has 108 valence electrons. The second kappa shape index (κ2) is 7.33. The van der Waals surface area contributed by atoms with E-state index in [1.165, 1.54) is 11.8 Å². The van der Waals surface area contributed by atoms with Gasteiger partial charge in [0.05, 0.1) is 5.75 Å². The van der Waals surface area contributed by atoms with E-state index in [0.29, 0.717) is 12.3 Å². The molecular weight excluding hydrogens is 274 g/mol. The number of carbonyl (C=O) groups excluding carboxylic acids is 1. The highest BCUT2D eigenvalue weighted by Gasteiger charge is 2.25. The van der Waals surface area contributed by atoms with Gasteiger partial charge in [0.15, 0.2) is 0 Å². The smallest absolute Gasteiger partial charge is 0.303 e. The van der Waals surface area contributed by atoms with Gasteiger partial charge < -0.3 is 10.0 Å². The van der Waals surface area contributed by atoms with Crippen molar-refractivity contribution < 1.29 is 14.7 Å². The molecule has 0 saturated carbocycles. The molecule has 20 heavy (non-hydrogen) atoms. The van der Waals surface area contributed by atoms with Gasteiger partial charge in [-0.1, -0.05) is 18.2 Å². The summed E-state index contributed by atoms with van der Waals surface area (Å²) in [4.78, 5) is 25.8. The molecule has 1 saturated heterocycles. The SMILES string of the molecule is O=C(O)CC1CCCN(C(=O)CSc2ccccc2)C1. The average molecular weight is 293 g/mol. The Hall–Kier alpha value is -1.49. The van der Waals surface area contributed by atoms with Crippen LogP contribution in [0.15, 0.2) is 35.2 Å². The third-order valence-corrected chi connectivity index (χ3v) is 4.44. The van der Waals surface area contributed by atoms with E-state index in [1.807, 2.05) is 35.2 Å². The molecule has 0 aromatic heterocycles. The molecule has 0 aliphatic carbocycles. The van der Waals surface area contributed by atoms with Crippen LogP contribution in [0.1, 0.15) is 19.3 Å². The number of piperidine rings is 1. The summed E-state index contributed by atoms with van der Waals surface area (Å²) in [5.74, 6) is -0.145. The summed E-state index contributed by atoms with van der Waals surface area (Å²) in [5.41, 5.74) is 0. The predicted molar refractivity (Wildman–Crippen MR) is 78.7 cm³/mol. The maximum Gasteiger partial charge on any atom is 0.303 e. The Labute approximate surface area is 123 Å². The van der Waals surface area contributed by atoms with E-state index in [4.69, 9.17) is 5.11 Å². The topological polar surface area (TPSA) is 57.6 Å². The third kappa shape index (κ3) is 4.56. The van der Waals surface area contributed by atoms with Crippen molar-refractivity contribution in [2.75, 3.05) is 18.8 Å². The minimum Gasteiger partial charge on any atom is -0.481 e. The number of thioether (sulfide) groups is 1. The van der Waals surface area contributed by atoms with Gasteiger partial charge >= 0.3 is 5.97 Å². The first-order valence-corrected chi connectivity index (χ1v) is 7.81. The molecule has 0 radical (unpaired) electrons. The van der Waals surface area contributed by atoms with Gasteiger partial charge in [0.1, 0.15) is 0 Å². The van der Waals surface area contributed by atoms with Crippen molar-refractivity contribution in [1.82, 2.24) is 4.90 Å². The van der Waals surface area contributed by atoms with Gasteiger partial charge in [0.2, 0.25) is 5.91 Å². The van der Waals surface area contributed by atoms with Crippen LogP contribution in [0.3, 0.4) is 0 Å². The van der Waals surface area contributed by atoms with Crippen LogP contribution in [0.25, 0.3) is 0 Å². The number of likely N-dealkylation sites (tertiary alicyclic amines) is 1. The summed E-state index contributed by atoms with van der Waals surface area (Å²) in [6.07, 6.45) is 1.97. The lowest BCUT2D eigenvalue weighted by Crippen LogP contribution is -2.41. The Morgan fingerprint density at radius 3 is 2.75 bits per heavy atom. The molecule has 1 aliphatic heterocycles. The van der Waals surface area contributed by atoms with Gasteiger partial charge in [-0.2, -0.15) is 0 Å². The van der Waals surface area contributed by atoms with E-state index in [1.54, 1.807) is 0 Å². The molecule has 1 aliphatic rings. The van der Waals surface area contributed by atoms with E-state index < -0.39 is 5.97 Å². The fraction of sp³-hybridized carbons (Fsp3) is 0.467. The standard InChI is InChI=1S/C15H19NO3S/c17-14(11-20-13-6-2-1-3-7-13)16-8-4-5-12(10-16)9-15(18)19/h1-3,6-7,12H,4-5,8-11H2,(H,18,19). The highest BCUT2D eigenvalue weighted by Crippen LogP contribution is 2.22. The van der Waals surface area contributed by atoms with Crippen LogP contribution in [-0.2, 0) is 9.59 Å². The van der Waals surface area contributed by atoms with Crippen molar-refractivity contribution in [3.63, 3.8) is 0 Å². The number of carbonyl (C=O) groups is 2. The molecule has 0 spiro atoms. The highest BCUT2D eigenvalue weighted by molar-refractivity contribution is 8.00. The van der Waals surface area contributed by atoms with Gasteiger partial charge in [-0.15, -0.1) is 11.8 Å². The molecule has 1 atom stereocenters. The summed E-state index contributed by atoms with van der Waals surface area (Å²) in [6.45, 7) is 1.34. The van der Waals surface area contributed by atoms with Crippen LogP contribution in [0, 0.1) is 5.92 Å². The molecule has 5 heteroatoms. The van der Waals surface area contributed by atoms with Crippen molar-refractivity contribution in [3.05, 3.63) is 30.3 Å². The van der Waals surface area contributed by atoms with E-state index in [-0.39, 0.29) is 18.2 Å². The number of hydrogen-bond donors (Lipinski definition) is 1. The van der Waals surface area contributed by atoms with Crippen LogP contribution >= 0.6 is 11.8 Å². The quantitative estimate of drug-likeness (QED) is 0.847. The summed E-state index contributed by atoms with van der Waals surface area (Å²) >= 11 is 1.53. The summed E-state index contributed by atoms with van der Waals surface area (Å²) in [5, 5.41) is 8.84. The van der Waals surface area contributed by atoms with Gasteiger partial charge in [-0.05, 0) is 30.9 Å². The van der Waals surface area contributed by atoms with E-state index in [2.05, 4.69) is 0 Å². The lowest BCUT2D eigenvalue weighted by atomic mass is 9.95. The molecule has 1 aromatic carbocycles. The number of carboxylic acid groups (broad SMARTS) is 1. The largest absolute Gasteiger partial charge is 0.481 e. The number of benzene rings is 1. The lowest BCUT2D eigenvalue weighted by Gasteiger charge is -2.32. The summed E-state index contributed by atoms with van der Waals surface area (Å²) < 4.78 is 0. The Kier molecular flexibility index (Phi) is 5.47. The minimum absolute atomic E-state index is 0.104. The zero-order valence-electron chi connectivity index (χ0n) is 11.3. The Balaban J connectivity index is 1.81. The highest BCUT2D eigenvalue weighted by atomic mass is 32.2. The first-order valence-electron chi connectivity index (χ1n) is 6.82. The molecule has 4 nitrogen and oxygen atoms in total. The van der Waals surface area contributed by atoms with Crippen LogP contribution < -0.4 is 0 Å². The van der Waals surface area contributed by atoms with Crippen LogP contribution in [0.4, 0.5) is 0 Å². The Bertz CT molecular complexity index is 463. The normalized spacial score (nSPS) is 18.8. The average Bonchev–Trinajstić information content (AvgIpc) is 2.45. The van der Waals surface area contributed by atoms with Crippen LogP contribution in [0.5, 0.6) is 0 Å². The lowest BCUT2D eigenvalue weighted by molar-refractivity contribution is -0.140. The molecular formula is C15H19NO3S. The van der Waals surface area contributed by atoms with Crippen LogP contribution in [-0.4, -0.2) is 40.7 Å². The van der Waals surface area contributed by atoms with E-state index >= 15 is 0 Å². The fourth-order valence-corrected chi connectivity index (χ4v) is 3.28. The van der Waals surface area contributed by atoms with Crippen molar-refractivity contribution >= 4 is 23.6 Å². The molecule has 1 amide bonds. The van der Waals surface area contributed by atoms with Crippen molar-refractivity contribution in [2.24, 2.45) is 5.92 Å². The second-order valence-corrected chi connectivity index (χ2v) is 6.10. The molecule has 1 fully saturated rings. The maximum absolute atomic E-state index is 12.2. The van der Waals surface area contributed by atoms with Gasteiger partial charge in [-0.3, -0.25) is 9.59 Å². The van der Waals surface area contributed by atoms with E-state index in [0.717, 1.165) is 24.3 Å². The second-order valence-electron chi connectivity index (χ2n) is 5.05. The minimum atomic E-state index is -0.775. The summed E-state index contributed by atoms with van der Waals surface area (Å²) in [6, 6.07) is 9.84. The molecule has 1 unspecified atom stereocenters. The number of aliphatic carboxylic acids is 1. The molecule has 2 rings (SSSR count). The first kappa shape index (κ1) is 14.9. The zero-order valence-corrected chi connectivity index (χ0v) is 12.1. The number of hydrogen-bond acceptors (Lipinski definition) is 3. The van der Waals surface area contributed by atoms with Gasteiger partial charge in [0, 0.05) is 24.4 Å². The monoisotopic (exact) mass is 293 g/mol. The van der Waals surface area contributed by atoms with E-state index in [9.17, 15) is 9.59 Å². The molecule has 1 N–H and O–H groups in total. The maximum atomic E-state index is 12.2. The number of nitrogens with zero attached hydrogens (tertiary/aromatic N) is 1.